The number of nitrogens with zero attached hydrogens (tertiary/aromatic N) is 1. The second-order valence-corrected chi connectivity index (χ2v) is 5.04. The van der Waals surface area contributed by atoms with Gasteiger partial charge in [0.25, 0.3) is 0 Å². The Kier molecular flexibility index (Phi) is 5.16. The number of aliphatic hydroxyl groups is 1. The van der Waals surface area contributed by atoms with E-state index in [0.29, 0.717) is 13.1 Å². The van der Waals surface area contributed by atoms with Gasteiger partial charge < -0.3 is 20.1 Å². The fourth-order valence-corrected chi connectivity index (χ4v) is 2.38. The number of likely N-dealkylation sites (tertiary alicyclic amines) is 1. The molecule has 114 valence electrons. The summed E-state index contributed by atoms with van der Waals surface area (Å²) in [6, 6.07) is 7.51. The topological polar surface area (TPSA) is 78.9 Å². The molecule has 1 aliphatic heterocycles. The molecule has 1 heterocycles. The molecule has 2 rings (SSSR count). The van der Waals surface area contributed by atoms with Crippen molar-refractivity contribution in [1.29, 1.82) is 0 Å². The lowest BCUT2D eigenvalue weighted by molar-refractivity contribution is -0.129. The number of benzene rings is 1. The van der Waals surface area contributed by atoms with Crippen molar-refractivity contribution in [2.75, 3.05) is 26.8 Å². The Morgan fingerprint density at radius 3 is 2.76 bits per heavy atom. The predicted octanol–water partition coefficient (Wildman–Crippen LogP) is 0.152. The zero-order chi connectivity index (χ0) is 15.2. The summed E-state index contributed by atoms with van der Waals surface area (Å²) < 4.78 is 5.09. The molecule has 2 N–H and O–H groups in total. The Labute approximate surface area is 123 Å². The maximum atomic E-state index is 12.0. The lowest BCUT2D eigenvalue weighted by Crippen LogP contribution is -2.34. The molecular weight excluding hydrogens is 272 g/mol. The number of amides is 2. The van der Waals surface area contributed by atoms with E-state index < -0.39 is 0 Å². The van der Waals surface area contributed by atoms with Crippen LogP contribution in [0.25, 0.3) is 0 Å². The number of aliphatic hydroxyl groups excluding tert-OH is 1. The highest BCUT2D eigenvalue weighted by Gasteiger charge is 2.33. The first-order chi connectivity index (χ1) is 10.1. The molecule has 6 nitrogen and oxygen atoms in total. The number of ether oxygens (including phenoxy) is 1. The van der Waals surface area contributed by atoms with Crippen molar-refractivity contribution in [2.24, 2.45) is 5.92 Å². The molecule has 0 spiro atoms. The van der Waals surface area contributed by atoms with Gasteiger partial charge in [-0.15, -0.1) is 0 Å². The number of methoxy groups -OCH3 is 1. The van der Waals surface area contributed by atoms with Crippen molar-refractivity contribution in [2.45, 2.75) is 13.0 Å². The molecule has 0 bridgehead atoms. The summed E-state index contributed by atoms with van der Waals surface area (Å²) in [5.74, 6) is 0.250. The van der Waals surface area contributed by atoms with Gasteiger partial charge in [0.1, 0.15) is 5.75 Å². The summed E-state index contributed by atoms with van der Waals surface area (Å²) in [7, 11) is 1.61. The third-order valence-electron chi connectivity index (χ3n) is 3.53. The van der Waals surface area contributed by atoms with E-state index in [1.165, 1.54) is 0 Å². The van der Waals surface area contributed by atoms with Crippen LogP contribution in [0.1, 0.15) is 12.0 Å². The van der Waals surface area contributed by atoms with E-state index >= 15 is 0 Å². The lowest BCUT2D eigenvalue weighted by Gasteiger charge is -2.17. The van der Waals surface area contributed by atoms with Crippen LogP contribution in [0.3, 0.4) is 0 Å². The smallest absolute Gasteiger partial charge is 0.225 e. The molecule has 21 heavy (non-hydrogen) atoms. The minimum atomic E-state index is -0.331. The summed E-state index contributed by atoms with van der Waals surface area (Å²) >= 11 is 0. The molecule has 2 amide bonds. The Morgan fingerprint density at radius 1 is 1.43 bits per heavy atom. The maximum Gasteiger partial charge on any atom is 0.225 e. The van der Waals surface area contributed by atoms with Gasteiger partial charge in [-0.05, 0) is 17.7 Å². The van der Waals surface area contributed by atoms with Crippen LogP contribution in [-0.2, 0) is 16.1 Å². The van der Waals surface area contributed by atoms with Gasteiger partial charge in [-0.1, -0.05) is 12.1 Å². The van der Waals surface area contributed by atoms with Crippen molar-refractivity contribution in [1.82, 2.24) is 10.2 Å². The van der Waals surface area contributed by atoms with Crippen LogP contribution >= 0.6 is 0 Å². The fourth-order valence-electron chi connectivity index (χ4n) is 2.38. The maximum absolute atomic E-state index is 12.0. The highest BCUT2D eigenvalue weighted by molar-refractivity contribution is 5.89. The highest BCUT2D eigenvalue weighted by atomic mass is 16.5. The molecular formula is C15H20N2O4. The standard InChI is InChI=1S/C15H20N2O4/c1-21-13-4-2-11(3-5-13)9-17-10-12(8-14(17)19)15(20)16-6-7-18/h2-5,12,18H,6-10H2,1H3,(H,16,20). The first kappa shape index (κ1) is 15.3. The molecule has 1 saturated heterocycles. The average molecular weight is 292 g/mol. The van der Waals surface area contributed by atoms with Gasteiger partial charge in [0.2, 0.25) is 11.8 Å². The number of nitrogens with one attached hydrogen (secondary N) is 1. The summed E-state index contributed by atoms with van der Waals surface area (Å²) in [5.41, 5.74) is 1.00. The predicted molar refractivity (Wildman–Crippen MR) is 76.6 cm³/mol. The molecule has 1 unspecified atom stereocenters. The third-order valence-corrected chi connectivity index (χ3v) is 3.53. The third kappa shape index (κ3) is 3.95. The first-order valence-corrected chi connectivity index (χ1v) is 6.93. The van der Waals surface area contributed by atoms with E-state index in [-0.39, 0.29) is 37.3 Å². The van der Waals surface area contributed by atoms with E-state index in [0.717, 1.165) is 11.3 Å². The normalized spacial score (nSPS) is 17.9. The van der Waals surface area contributed by atoms with E-state index in [1.54, 1.807) is 12.0 Å². The minimum Gasteiger partial charge on any atom is -0.497 e. The number of carbonyl (C=O) groups excluding carboxylic acids is 2. The van der Waals surface area contributed by atoms with Crippen molar-refractivity contribution in [3.8, 4) is 5.75 Å². The summed E-state index contributed by atoms with van der Waals surface area (Å²) in [6.07, 6.45) is 0.230. The molecule has 0 saturated carbocycles. The first-order valence-electron chi connectivity index (χ1n) is 6.93. The zero-order valence-corrected chi connectivity index (χ0v) is 12.0. The quantitative estimate of drug-likeness (QED) is 0.782. The van der Waals surface area contributed by atoms with E-state index in [2.05, 4.69) is 5.32 Å². The van der Waals surface area contributed by atoms with Gasteiger partial charge >= 0.3 is 0 Å². The van der Waals surface area contributed by atoms with Crippen LogP contribution in [0.2, 0.25) is 0 Å². The highest BCUT2D eigenvalue weighted by Crippen LogP contribution is 2.21. The molecule has 1 aromatic rings. The summed E-state index contributed by atoms with van der Waals surface area (Å²) in [5, 5.41) is 11.3. The summed E-state index contributed by atoms with van der Waals surface area (Å²) in [4.78, 5) is 25.5. The van der Waals surface area contributed by atoms with Crippen LogP contribution in [-0.4, -0.2) is 48.6 Å². The molecule has 1 fully saturated rings. The monoisotopic (exact) mass is 292 g/mol. The Bertz CT molecular complexity index is 501. The average Bonchev–Trinajstić information content (AvgIpc) is 2.87. The van der Waals surface area contributed by atoms with Crippen molar-refractivity contribution in [3.63, 3.8) is 0 Å². The van der Waals surface area contributed by atoms with Gasteiger partial charge in [0, 0.05) is 26.1 Å². The molecule has 6 heteroatoms. The zero-order valence-electron chi connectivity index (χ0n) is 12.0. The molecule has 0 aromatic heterocycles. The van der Waals surface area contributed by atoms with Crippen LogP contribution < -0.4 is 10.1 Å². The molecule has 0 radical (unpaired) electrons. The molecule has 1 atom stereocenters. The Hall–Kier alpha value is -2.08. The SMILES string of the molecule is COc1ccc(CN2CC(C(=O)NCCO)CC2=O)cc1. The van der Waals surface area contributed by atoms with E-state index in [1.807, 2.05) is 24.3 Å². The van der Waals surface area contributed by atoms with Gasteiger partial charge in [-0.2, -0.15) is 0 Å². The van der Waals surface area contributed by atoms with Crippen LogP contribution in [0.5, 0.6) is 5.75 Å². The second-order valence-electron chi connectivity index (χ2n) is 5.04. The molecule has 1 aliphatic rings. The van der Waals surface area contributed by atoms with Gasteiger partial charge in [0.15, 0.2) is 0 Å². The lowest BCUT2D eigenvalue weighted by atomic mass is 10.1. The number of carbonyl (C=O) groups is 2. The fraction of sp³-hybridized carbons (Fsp3) is 0.467. The van der Waals surface area contributed by atoms with Crippen LogP contribution in [0.4, 0.5) is 0 Å². The van der Waals surface area contributed by atoms with Gasteiger partial charge in [-0.3, -0.25) is 9.59 Å². The summed E-state index contributed by atoms with van der Waals surface area (Å²) in [6.45, 7) is 1.04. The molecule has 0 aliphatic carbocycles. The van der Waals surface area contributed by atoms with Crippen LogP contribution in [0.15, 0.2) is 24.3 Å². The van der Waals surface area contributed by atoms with Gasteiger partial charge in [-0.25, -0.2) is 0 Å². The Morgan fingerprint density at radius 2 is 2.14 bits per heavy atom. The number of rotatable bonds is 6. The number of hydrogen-bond donors (Lipinski definition) is 2. The molecule has 1 aromatic carbocycles. The van der Waals surface area contributed by atoms with Crippen molar-refractivity contribution < 1.29 is 19.4 Å². The van der Waals surface area contributed by atoms with E-state index in [9.17, 15) is 9.59 Å². The second kappa shape index (κ2) is 7.08. The van der Waals surface area contributed by atoms with Crippen molar-refractivity contribution >= 4 is 11.8 Å². The van der Waals surface area contributed by atoms with Crippen molar-refractivity contribution in [3.05, 3.63) is 29.8 Å². The van der Waals surface area contributed by atoms with E-state index in [4.69, 9.17) is 9.84 Å². The Balaban J connectivity index is 1.92. The van der Waals surface area contributed by atoms with Crippen LogP contribution in [0, 0.1) is 5.92 Å². The number of hydrogen-bond acceptors (Lipinski definition) is 4. The van der Waals surface area contributed by atoms with Gasteiger partial charge in [0.05, 0.1) is 19.6 Å². The minimum absolute atomic E-state index is 0.0185. The largest absolute Gasteiger partial charge is 0.497 e.